The van der Waals surface area contributed by atoms with Crippen molar-refractivity contribution in [2.24, 2.45) is 10.8 Å². The van der Waals surface area contributed by atoms with Crippen molar-refractivity contribution in [3.8, 4) is 0 Å². The molecule has 1 rings (SSSR count). The molecule has 1 aromatic carbocycles. The summed E-state index contributed by atoms with van der Waals surface area (Å²) in [5, 5.41) is 3.78. The highest BCUT2D eigenvalue weighted by Gasteiger charge is 2.08. The number of alkyl halides is 1. The molecular formula is C12H16ClN3O. The fourth-order valence-electron chi connectivity index (χ4n) is 1.81. The van der Waals surface area contributed by atoms with E-state index in [-0.39, 0.29) is 0 Å². The van der Waals surface area contributed by atoms with Crippen LogP contribution in [-0.4, -0.2) is 12.2 Å². The van der Waals surface area contributed by atoms with Gasteiger partial charge >= 0.3 is 6.03 Å². The van der Waals surface area contributed by atoms with Gasteiger partial charge < -0.3 is 5.73 Å². The van der Waals surface area contributed by atoms with E-state index in [0.29, 0.717) is 5.88 Å². The Morgan fingerprint density at radius 3 is 2.65 bits per heavy atom. The fraction of sp³-hybridized carbons (Fsp3) is 0.333. The number of hydrogen-bond acceptors (Lipinski definition) is 2. The molecule has 92 valence electrons. The van der Waals surface area contributed by atoms with Gasteiger partial charge in [0.2, 0.25) is 0 Å². The lowest BCUT2D eigenvalue weighted by atomic mass is 9.95. The first-order chi connectivity index (χ1) is 7.97. The predicted molar refractivity (Wildman–Crippen MR) is 70.5 cm³/mol. The summed E-state index contributed by atoms with van der Waals surface area (Å²) in [6.45, 7) is 6.01. The molecule has 1 aromatic rings. The molecule has 0 fully saturated rings. The number of hydrogen-bond donors (Lipinski definition) is 2. The number of hydrazone groups is 1. The van der Waals surface area contributed by atoms with Crippen LogP contribution in [-0.2, 0) is 5.88 Å². The molecule has 0 aliphatic heterocycles. The highest BCUT2D eigenvalue weighted by Crippen LogP contribution is 2.22. The molecule has 0 atom stereocenters. The van der Waals surface area contributed by atoms with Crippen molar-refractivity contribution in [2.75, 3.05) is 0 Å². The number of nitrogens with one attached hydrogen (secondary N) is 1. The number of nitrogens with two attached hydrogens (primary N) is 1. The first-order valence-corrected chi connectivity index (χ1v) is 5.75. The molecule has 0 radical (unpaired) electrons. The molecule has 17 heavy (non-hydrogen) atoms. The number of urea groups is 1. The monoisotopic (exact) mass is 253 g/mol. The van der Waals surface area contributed by atoms with Gasteiger partial charge in [-0.3, -0.25) is 0 Å². The van der Waals surface area contributed by atoms with Crippen LogP contribution in [0.15, 0.2) is 11.2 Å². The highest BCUT2D eigenvalue weighted by molar-refractivity contribution is 6.17. The van der Waals surface area contributed by atoms with Crippen molar-refractivity contribution in [2.45, 2.75) is 26.7 Å². The van der Waals surface area contributed by atoms with E-state index < -0.39 is 6.03 Å². The Kier molecular flexibility index (Phi) is 4.52. The lowest BCUT2D eigenvalue weighted by molar-refractivity contribution is 0.249. The first-order valence-electron chi connectivity index (χ1n) is 5.21. The Labute approximate surface area is 106 Å². The van der Waals surface area contributed by atoms with E-state index in [9.17, 15) is 4.79 Å². The Hall–Kier alpha value is -1.55. The summed E-state index contributed by atoms with van der Waals surface area (Å²) in [5.41, 5.74) is 12.5. The van der Waals surface area contributed by atoms with Crippen molar-refractivity contribution in [1.82, 2.24) is 5.43 Å². The average Bonchev–Trinajstić information content (AvgIpc) is 2.22. The standard InChI is InChI=1S/C12H16ClN3O/c1-7-4-8(2)11(6-15-16-12(14)17)9(3)10(7)5-13/h4,6H,5H2,1-3H3,(H3,14,16,17)/b15-6-. The molecule has 0 aliphatic rings. The zero-order chi connectivity index (χ0) is 13.0. The molecule has 4 nitrogen and oxygen atoms in total. The van der Waals surface area contributed by atoms with E-state index in [4.69, 9.17) is 17.3 Å². The Morgan fingerprint density at radius 2 is 2.12 bits per heavy atom. The third kappa shape index (κ3) is 3.20. The lowest BCUT2D eigenvalue weighted by Crippen LogP contribution is -2.24. The molecule has 0 aromatic heterocycles. The maximum atomic E-state index is 10.5. The second-order valence-corrected chi connectivity index (χ2v) is 4.16. The lowest BCUT2D eigenvalue weighted by Gasteiger charge is -2.12. The number of carbonyl (C=O) groups is 1. The summed E-state index contributed by atoms with van der Waals surface area (Å²) in [4.78, 5) is 10.5. The predicted octanol–water partition coefficient (Wildman–Crippen LogP) is 2.35. The summed E-state index contributed by atoms with van der Waals surface area (Å²) in [7, 11) is 0. The molecule has 0 heterocycles. The van der Waals surface area contributed by atoms with Crippen molar-refractivity contribution in [3.05, 3.63) is 33.9 Å². The summed E-state index contributed by atoms with van der Waals surface area (Å²) >= 11 is 5.91. The molecule has 5 heteroatoms. The van der Waals surface area contributed by atoms with E-state index in [0.717, 1.165) is 27.8 Å². The van der Waals surface area contributed by atoms with E-state index in [1.807, 2.05) is 20.8 Å². The number of aryl methyl sites for hydroxylation is 2. The fourth-order valence-corrected chi connectivity index (χ4v) is 2.22. The normalized spacial score (nSPS) is 10.8. The smallest absolute Gasteiger partial charge is 0.332 e. The maximum absolute atomic E-state index is 10.5. The van der Waals surface area contributed by atoms with Crippen LogP contribution in [0.2, 0.25) is 0 Å². The Balaban J connectivity index is 3.15. The number of nitrogens with zero attached hydrogens (tertiary/aromatic N) is 1. The number of amides is 2. The number of primary amides is 1. The van der Waals surface area contributed by atoms with Gasteiger partial charge in [0.15, 0.2) is 0 Å². The van der Waals surface area contributed by atoms with Crippen LogP contribution in [0.1, 0.15) is 27.8 Å². The number of halogens is 1. The van der Waals surface area contributed by atoms with E-state index in [1.165, 1.54) is 0 Å². The van der Waals surface area contributed by atoms with E-state index in [2.05, 4.69) is 16.6 Å². The summed E-state index contributed by atoms with van der Waals surface area (Å²) in [6.07, 6.45) is 1.59. The molecule has 0 spiro atoms. The molecule has 0 unspecified atom stereocenters. The van der Waals surface area contributed by atoms with E-state index >= 15 is 0 Å². The Morgan fingerprint density at radius 1 is 1.47 bits per heavy atom. The molecule has 0 saturated carbocycles. The van der Waals surface area contributed by atoms with Crippen LogP contribution in [0.3, 0.4) is 0 Å². The first kappa shape index (κ1) is 13.5. The third-order valence-electron chi connectivity index (χ3n) is 2.69. The molecule has 0 aliphatic carbocycles. The van der Waals surface area contributed by atoms with E-state index in [1.54, 1.807) is 6.21 Å². The quantitative estimate of drug-likeness (QED) is 0.485. The van der Waals surface area contributed by atoms with Gasteiger partial charge in [0, 0.05) is 11.4 Å². The summed E-state index contributed by atoms with van der Waals surface area (Å²) in [6, 6.07) is 1.37. The summed E-state index contributed by atoms with van der Waals surface area (Å²) in [5.74, 6) is 0.460. The van der Waals surface area contributed by atoms with Gasteiger partial charge in [0.25, 0.3) is 0 Å². The number of carbonyl (C=O) groups excluding carboxylic acids is 1. The van der Waals surface area contributed by atoms with Gasteiger partial charge in [0.1, 0.15) is 0 Å². The number of benzene rings is 1. The van der Waals surface area contributed by atoms with Crippen LogP contribution >= 0.6 is 11.6 Å². The minimum absolute atomic E-state index is 0.460. The third-order valence-corrected chi connectivity index (χ3v) is 2.96. The van der Waals surface area contributed by atoms with Crippen LogP contribution in [0, 0.1) is 20.8 Å². The zero-order valence-corrected chi connectivity index (χ0v) is 10.9. The highest BCUT2D eigenvalue weighted by atomic mass is 35.5. The minimum atomic E-state index is -0.679. The molecule has 0 bridgehead atoms. The van der Waals surface area contributed by atoms with Crippen molar-refractivity contribution in [3.63, 3.8) is 0 Å². The SMILES string of the molecule is Cc1cc(C)c(CCl)c(C)c1/C=N\NC(N)=O. The molecule has 3 N–H and O–H groups in total. The largest absolute Gasteiger partial charge is 0.350 e. The second kappa shape index (κ2) is 5.68. The molecule has 2 amide bonds. The number of rotatable bonds is 3. The van der Waals surface area contributed by atoms with Crippen LogP contribution in [0.5, 0.6) is 0 Å². The van der Waals surface area contributed by atoms with Crippen LogP contribution < -0.4 is 11.2 Å². The van der Waals surface area contributed by atoms with Crippen LogP contribution in [0.25, 0.3) is 0 Å². The van der Waals surface area contributed by atoms with Gasteiger partial charge in [-0.1, -0.05) is 6.07 Å². The van der Waals surface area contributed by atoms with Crippen molar-refractivity contribution < 1.29 is 4.79 Å². The summed E-state index contributed by atoms with van der Waals surface area (Å²) < 4.78 is 0. The molecule has 0 saturated heterocycles. The van der Waals surface area contributed by atoms with Gasteiger partial charge in [-0.2, -0.15) is 5.10 Å². The van der Waals surface area contributed by atoms with Gasteiger partial charge in [-0.05, 0) is 43.0 Å². The maximum Gasteiger partial charge on any atom is 0.332 e. The average molecular weight is 254 g/mol. The van der Waals surface area contributed by atoms with Gasteiger partial charge in [-0.25, -0.2) is 10.2 Å². The Bertz CT molecular complexity index is 469. The molecular weight excluding hydrogens is 238 g/mol. The van der Waals surface area contributed by atoms with Crippen LogP contribution in [0.4, 0.5) is 4.79 Å². The van der Waals surface area contributed by atoms with Gasteiger partial charge in [-0.15, -0.1) is 11.6 Å². The second-order valence-electron chi connectivity index (χ2n) is 3.90. The minimum Gasteiger partial charge on any atom is -0.350 e. The van der Waals surface area contributed by atoms with Gasteiger partial charge in [0.05, 0.1) is 6.21 Å². The zero-order valence-electron chi connectivity index (χ0n) is 10.2. The van der Waals surface area contributed by atoms with Crippen molar-refractivity contribution >= 4 is 23.8 Å². The van der Waals surface area contributed by atoms with Crippen molar-refractivity contribution in [1.29, 1.82) is 0 Å². The topological polar surface area (TPSA) is 67.5 Å².